The lowest BCUT2D eigenvalue weighted by Crippen LogP contribution is -2.07. The Hall–Kier alpha value is -2.20. The van der Waals surface area contributed by atoms with Gasteiger partial charge < -0.3 is 10.1 Å². The van der Waals surface area contributed by atoms with Crippen LogP contribution < -0.4 is 5.73 Å². The first kappa shape index (κ1) is 12.8. The highest BCUT2D eigenvalue weighted by atomic mass is 19.1. The van der Waals surface area contributed by atoms with E-state index in [0.717, 1.165) is 34.7 Å². The zero-order valence-electron chi connectivity index (χ0n) is 11.3. The topological polar surface area (TPSA) is 43.3 Å². The average molecular weight is 269 g/mol. The molecule has 2 N–H and O–H groups in total. The molecule has 0 saturated heterocycles. The summed E-state index contributed by atoms with van der Waals surface area (Å²) in [4.78, 5) is 4.68. The molecule has 1 aromatic carbocycles. The van der Waals surface area contributed by atoms with E-state index in [-0.39, 0.29) is 5.82 Å². The van der Waals surface area contributed by atoms with Crippen molar-refractivity contribution in [1.29, 1.82) is 0 Å². The summed E-state index contributed by atoms with van der Waals surface area (Å²) in [5, 5.41) is 0. The quantitative estimate of drug-likeness (QED) is 0.794. The van der Waals surface area contributed by atoms with E-state index in [1.807, 2.05) is 25.1 Å². The van der Waals surface area contributed by atoms with E-state index in [1.165, 1.54) is 12.1 Å². The van der Waals surface area contributed by atoms with Crippen LogP contribution in [0, 0.1) is 12.7 Å². The maximum Gasteiger partial charge on any atom is 0.137 e. The van der Waals surface area contributed by atoms with Gasteiger partial charge in [-0.3, -0.25) is 0 Å². The first-order valence-electron chi connectivity index (χ1n) is 6.63. The molecule has 102 valence electrons. The number of pyridine rings is 1. The lowest BCUT2D eigenvalue weighted by molar-refractivity contribution is 0.628. The van der Waals surface area contributed by atoms with Crippen LogP contribution >= 0.6 is 0 Å². The first-order chi connectivity index (χ1) is 9.70. The molecule has 4 heteroatoms. The number of nitrogens with zero attached hydrogens (tertiary/aromatic N) is 2. The van der Waals surface area contributed by atoms with Gasteiger partial charge >= 0.3 is 0 Å². The summed E-state index contributed by atoms with van der Waals surface area (Å²) < 4.78 is 15.2. The van der Waals surface area contributed by atoms with Crippen molar-refractivity contribution >= 4 is 5.65 Å². The third-order valence-corrected chi connectivity index (χ3v) is 3.43. The molecule has 0 radical (unpaired) electrons. The van der Waals surface area contributed by atoms with Crippen molar-refractivity contribution < 1.29 is 4.39 Å². The Bertz CT molecular complexity index is 744. The lowest BCUT2D eigenvalue weighted by Gasteiger charge is -2.06. The maximum absolute atomic E-state index is 13.1. The van der Waals surface area contributed by atoms with Crippen LogP contribution in [0.2, 0.25) is 0 Å². The Morgan fingerprint density at radius 3 is 2.60 bits per heavy atom. The molecule has 0 amide bonds. The van der Waals surface area contributed by atoms with E-state index >= 15 is 0 Å². The van der Waals surface area contributed by atoms with Crippen LogP contribution in [0.5, 0.6) is 0 Å². The van der Waals surface area contributed by atoms with Crippen LogP contribution in [0.25, 0.3) is 16.9 Å². The molecule has 0 aliphatic rings. The molecule has 3 aromatic rings. The van der Waals surface area contributed by atoms with E-state index < -0.39 is 0 Å². The molecule has 3 rings (SSSR count). The number of rotatable bonds is 3. The number of aromatic nitrogens is 2. The highest BCUT2D eigenvalue weighted by molar-refractivity contribution is 5.67. The third-order valence-electron chi connectivity index (χ3n) is 3.43. The normalized spacial score (nSPS) is 11.2. The van der Waals surface area contributed by atoms with E-state index in [0.29, 0.717) is 6.54 Å². The Morgan fingerprint density at radius 2 is 1.90 bits per heavy atom. The van der Waals surface area contributed by atoms with Gasteiger partial charge in [-0.05, 0) is 49.9 Å². The van der Waals surface area contributed by atoms with Gasteiger partial charge in [-0.15, -0.1) is 0 Å². The molecule has 2 heterocycles. The van der Waals surface area contributed by atoms with Crippen molar-refractivity contribution in [3.8, 4) is 11.3 Å². The minimum atomic E-state index is -0.242. The van der Waals surface area contributed by atoms with Gasteiger partial charge in [-0.2, -0.15) is 0 Å². The Labute approximate surface area is 116 Å². The Balaban J connectivity index is 2.26. The average Bonchev–Trinajstić information content (AvgIpc) is 2.80. The molecule has 0 saturated carbocycles. The first-order valence-corrected chi connectivity index (χ1v) is 6.63. The molecule has 3 nitrogen and oxygen atoms in total. The molecule has 0 aliphatic carbocycles. The number of nitrogens with two attached hydrogens (primary N) is 1. The largest absolute Gasteiger partial charge is 0.330 e. The highest BCUT2D eigenvalue weighted by Gasteiger charge is 2.14. The summed E-state index contributed by atoms with van der Waals surface area (Å²) in [6.07, 6.45) is 0.735. The second-order valence-electron chi connectivity index (χ2n) is 4.81. The van der Waals surface area contributed by atoms with Crippen molar-refractivity contribution in [2.45, 2.75) is 13.3 Å². The number of halogens is 1. The summed E-state index contributed by atoms with van der Waals surface area (Å²) in [5.74, 6) is -0.242. The summed E-state index contributed by atoms with van der Waals surface area (Å²) in [6, 6.07) is 12.4. The van der Waals surface area contributed by atoms with Gasteiger partial charge in [0.15, 0.2) is 0 Å². The third kappa shape index (κ3) is 2.08. The molecule has 20 heavy (non-hydrogen) atoms. The Morgan fingerprint density at radius 1 is 1.15 bits per heavy atom. The zero-order valence-corrected chi connectivity index (χ0v) is 11.3. The second-order valence-corrected chi connectivity index (χ2v) is 4.81. The monoisotopic (exact) mass is 269 g/mol. The summed E-state index contributed by atoms with van der Waals surface area (Å²) in [6.45, 7) is 2.60. The summed E-state index contributed by atoms with van der Waals surface area (Å²) >= 11 is 0. The van der Waals surface area contributed by atoms with Gasteiger partial charge in [-0.25, -0.2) is 9.37 Å². The number of aryl methyl sites for hydroxylation is 1. The zero-order chi connectivity index (χ0) is 14.1. The van der Waals surface area contributed by atoms with E-state index in [9.17, 15) is 4.39 Å². The molecule has 0 bridgehead atoms. The highest BCUT2D eigenvalue weighted by Crippen LogP contribution is 2.26. The fraction of sp³-hybridized carbons (Fsp3) is 0.188. The number of fused-ring (bicyclic) bond motifs is 1. The van der Waals surface area contributed by atoms with Gasteiger partial charge in [0.25, 0.3) is 0 Å². The van der Waals surface area contributed by atoms with Crippen LogP contribution in [0.3, 0.4) is 0 Å². The minimum absolute atomic E-state index is 0.242. The van der Waals surface area contributed by atoms with Crippen LogP contribution in [-0.2, 0) is 6.42 Å². The van der Waals surface area contributed by atoms with Crippen LogP contribution in [0.1, 0.15) is 11.4 Å². The summed E-state index contributed by atoms with van der Waals surface area (Å²) in [7, 11) is 0. The van der Waals surface area contributed by atoms with Crippen molar-refractivity contribution in [3.05, 3.63) is 59.7 Å². The fourth-order valence-electron chi connectivity index (χ4n) is 2.53. The molecular weight excluding hydrogens is 253 g/mol. The lowest BCUT2D eigenvalue weighted by atomic mass is 10.1. The SMILES string of the molecule is Cc1cccc2nc(-c3ccc(F)cc3)c(CCN)n12. The summed E-state index contributed by atoms with van der Waals surface area (Å²) in [5.41, 5.74) is 10.6. The molecule has 0 spiro atoms. The van der Waals surface area contributed by atoms with Crippen LogP contribution in [-0.4, -0.2) is 15.9 Å². The molecule has 0 atom stereocenters. The van der Waals surface area contributed by atoms with Gasteiger partial charge in [-0.1, -0.05) is 6.07 Å². The molecular formula is C16H16FN3. The van der Waals surface area contributed by atoms with Crippen LogP contribution in [0.15, 0.2) is 42.5 Å². The van der Waals surface area contributed by atoms with Crippen molar-refractivity contribution in [2.24, 2.45) is 5.73 Å². The van der Waals surface area contributed by atoms with E-state index in [1.54, 1.807) is 12.1 Å². The smallest absolute Gasteiger partial charge is 0.137 e. The maximum atomic E-state index is 13.1. The standard InChI is InChI=1S/C16H16FN3/c1-11-3-2-4-15-19-16(14(9-10-18)20(11)15)12-5-7-13(17)8-6-12/h2-8H,9-10,18H2,1H3. The van der Waals surface area contributed by atoms with Crippen molar-refractivity contribution in [3.63, 3.8) is 0 Å². The van der Waals surface area contributed by atoms with Gasteiger partial charge in [0.1, 0.15) is 11.5 Å². The van der Waals surface area contributed by atoms with Gasteiger partial charge in [0, 0.05) is 17.7 Å². The van der Waals surface area contributed by atoms with Crippen LogP contribution in [0.4, 0.5) is 4.39 Å². The number of imidazole rings is 1. The molecule has 2 aromatic heterocycles. The second kappa shape index (κ2) is 5.06. The fourth-order valence-corrected chi connectivity index (χ4v) is 2.53. The van der Waals surface area contributed by atoms with Gasteiger partial charge in [0.2, 0.25) is 0 Å². The molecule has 0 fully saturated rings. The van der Waals surface area contributed by atoms with E-state index in [2.05, 4.69) is 9.38 Å². The predicted octanol–water partition coefficient (Wildman–Crippen LogP) is 2.95. The van der Waals surface area contributed by atoms with Crippen molar-refractivity contribution in [1.82, 2.24) is 9.38 Å². The van der Waals surface area contributed by atoms with Crippen molar-refractivity contribution in [2.75, 3.05) is 6.54 Å². The van der Waals surface area contributed by atoms with Gasteiger partial charge in [0.05, 0.1) is 11.4 Å². The molecule has 0 aliphatic heterocycles. The minimum Gasteiger partial charge on any atom is -0.330 e. The number of hydrogen-bond donors (Lipinski definition) is 1. The molecule has 0 unspecified atom stereocenters. The number of hydrogen-bond acceptors (Lipinski definition) is 2. The Kier molecular flexibility index (Phi) is 3.24. The van der Waals surface area contributed by atoms with E-state index in [4.69, 9.17) is 5.73 Å². The predicted molar refractivity (Wildman–Crippen MR) is 78.1 cm³/mol. The number of benzene rings is 1.